The second-order valence-corrected chi connectivity index (χ2v) is 8.05. The minimum Gasteiger partial charge on any atom is -0.462 e. The van der Waals surface area contributed by atoms with Gasteiger partial charge in [0.1, 0.15) is 5.00 Å². The number of carbonyl (C=O) groups excluding carboxylic acids is 3. The van der Waals surface area contributed by atoms with Crippen LogP contribution < -0.4 is 10.2 Å². The summed E-state index contributed by atoms with van der Waals surface area (Å²) in [6.45, 7) is 4.57. The largest absolute Gasteiger partial charge is 0.462 e. The highest BCUT2D eigenvalue weighted by atomic mass is 32.1. The average molecular weight is 416 g/mol. The van der Waals surface area contributed by atoms with E-state index in [9.17, 15) is 14.4 Å². The lowest BCUT2D eigenvalue weighted by Gasteiger charge is -2.18. The van der Waals surface area contributed by atoms with E-state index < -0.39 is 5.97 Å². The summed E-state index contributed by atoms with van der Waals surface area (Å²) in [5, 5.41) is 3.18. The fourth-order valence-electron chi connectivity index (χ4n) is 3.37. The van der Waals surface area contributed by atoms with Gasteiger partial charge >= 0.3 is 5.97 Å². The monoisotopic (exact) mass is 415 g/mol. The maximum Gasteiger partial charge on any atom is 0.341 e. The first-order chi connectivity index (χ1) is 13.8. The van der Waals surface area contributed by atoms with Crippen LogP contribution in [0.3, 0.4) is 0 Å². The van der Waals surface area contributed by atoms with E-state index in [1.165, 1.54) is 10.5 Å². The summed E-state index contributed by atoms with van der Waals surface area (Å²) < 4.78 is 5.15. The summed E-state index contributed by atoms with van der Waals surface area (Å²) in [6, 6.07) is 8.01. The number of nitrogens with zero attached hydrogens (tertiary/aromatic N) is 2. The zero-order chi connectivity index (χ0) is 21.1. The quantitative estimate of drug-likeness (QED) is 0.734. The third-order valence-corrected chi connectivity index (χ3v) is 5.99. The van der Waals surface area contributed by atoms with Crippen molar-refractivity contribution in [3.8, 4) is 0 Å². The Bertz CT molecular complexity index is 951. The third-order valence-electron chi connectivity index (χ3n) is 4.80. The molecule has 1 aromatic carbocycles. The maximum atomic E-state index is 12.7. The number of amides is 2. The maximum absolute atomic E-state index is 12.7. The van der Waals surface area contributed by atoms with Gasteiger partial charge in [0.05, 0.1) is 23.6 Å². The molecule has 0 atom stereocenters. The van der Waals surface area contributed by atoms with Crippen LogP contribution in [0.2, 0.25) is 0 Å². The van der Waals surface area contributed by atoms with Crippen molar-refractivity contribution in [1.29, 1.82) is 0 Å². The van der Waals surface area contributed by atoms with Crippen LogP contribution in [0, 0.1) is 6.92 Å². The molecule has 0 unspecified atom stereocenters. The Morgan fingerprint density at radius 1 is 1.24 bits per heavy atom. The number of ether oxygens (including phenoxy) is 1. The van der Waals surface area contributed by atoms with Gasteiger partial charge in [-0.2, -0.15) is 0 Å². The third kappa shape index (κ3) is 4.27. The molecule has 0 aliphatic carbocycles. The van der Waals surface area contributed by atoms with Crippen molar-refractivity contribution in [3.63, 3.8) is 0 Å². The van der Waals surface area contributed by atoms with E-state index in [2.05, 4.69) is 11.4 Å². The predicted molar refractivity (Wildman–Crippen MR) is 114 cm³/mol. The van der Waals surface area contributed by atoms with E-state index in [0.717, 1.165) is 30.0 Å². The molecule has 1 aromatic heterocycles. The molecule has 2 heterocycles. The molecule has 0 fully saturated rings. The Labute approximate surface area is 174 Å². The number of benzene rings is 1. The highest BCUT2D eigenvalue weighted by molar-refractivity contribution is 7.18. The summed E-state index contributed by atoms with van der Waals surface area (Å²) in [6.07, 6.45) is 0.900. The molecule has 154 valence electrons. The van der Waals surface area contributed by atoms with Crippen molar-refractivity contribution in [2.75, 3.05) is 44.0 Å². The highest BCUT2D eigenvalue weighted by Crippen LogP contribution is 2.35. The molecule has 0 saturated carbocycles. The van der Waals surface area contributed by atoms with Gasteiger partial charge in [0, 0.05) is 26.3 Å². The van der Waals surface area contributed by atoms with Gasteiger partial charge < -0.3 is 19.9 Å². The molecule has 8 heteroatoms. The molecule has 1 N–H and O–H groups in total. The summed E-state index contributed by atoms with van der Waals surface area (Å²) in [7, 11) is 3.29. The molecule has 2 aromatic rings. The fourth-order valence-corrected chi connectivity index (χ4v) is 4.60. The number of fused-ring (bicyclic) bond motifs is 1. The second-order valence-electron chi connectivity index (χ2n) is 7.03. The summed E-state index contributed by atoms with van der Waals surface area (Å²) in [4.78, 5) is 41.6. The van der Waals surface area contributed by atoms with Gasteiger partial charge in [0.2, 0.25) is 5.91 Å². The number of rotatable bonds is 6. The fraction of sp³-hybridized carbons (Fsp3) is 0.381. The SMILES string of the molecule is CCOC(=O)c1c(NC(=O)CN2CCc3ccccc32)sc(C(=O)N(C)C)c1C. The van der Waals surface area contributed by atoms with Crippen LogP contribution in [0.15, 0.2) is 24.3 Å². The Balaban J connectivity index is 1.84. The molecule has 7 nitrogen and oxygen atoms in total. The van der Waals surface area contributed by atoms with Crippen LogP contribution in [0.25, 0.3) is 0 Å². The van der Waals surface area contributed by atoms with E-state index in [1.807, 2.05) is 23.1 Å². The van der Waals surface area contributed by atoms with Crippen molar-refractivity contribution in [3.05, 3.63) is 45.8 Å². The van der Waals surface area contributed by atoms with Gasteiger partial charge in [-0.1, -0.05) is 18.2 Å². The highest BCUT2D eigenvalue weighted by Gasteiger charge is 2.28. The van der Waals surface area contributed by atoms with Crippen LogP contribution >= 0.6 is 11.3 Å². The number of para-hydroxylation sites is 1. The van der Waals surface area contributed by atoms with Crippen molar-refractivity contribution in [2.45, 2.75) is 20.3 Å². The number of hydrogen-bond donors (Lipinski definition) is 1. The second kappa shape index (κ2) is 8.65. The Morgan fingerprint density at radius 2 is 1.97 bits per heavy atom. The molecule has 29 heavy (non-hydrogen) atoms. The Kier molecular flexibility index (Phi) is 6.22. The zero-order valence-corrected chi connectivity index (χ0v) is 17.9. The molecule has 0 bridgehead atoms. The van der Waals surface area contributed by atoms with Crippen molar-refractivity contribution >= 4 is 39.8 Å². The van der Waals surface area contributed by atoms with Crippen LogP contribution in [0.4, 0.5) is 10.7 Å². The van der Waals surface area contributed by atoms with Gasteiger partial charge in [-0.3, -0.25) is 9.59 Å². The van der Waals surface area contributed by atoms with Crippen molar-refractivity contribution < 1.29 is 19.1 Å². The van der Waals surface area contributed by atoms with Gasteiger partial charge in [-0.15, -0.1) is 11.3 Å². The predicted octanol–water partition coefficient (Wildman–Crippen LogP) is 2.94. The number of hydrogen-bond acceptors (Lipinski definition) is 6. The lowest BCUT2D eigenvalue weighted by molar-refractivity contribution is -0.114. The lowest BCUT2D eigenvalue weighted by atomic mass is 10.1. The van der Waals surface area contributed by atoms with E-state index in [0.29, 0.717) is 15.4 Å². The molecule has 0 saturated heterocycles. The molecule has 3 rings (SSSR count). The summed E-state index contributed by atoms with van der Waals surface area (Å²) >= 11 is 1.11. The van der Waals surface area contributed by atoms with E-state index >= 15 is 0 Å². The average Bonchev–Trinajstić information content (AvgIpc) is 3.22. The number of anilines is 2. The number of carbonyl (C=O) groups is 3. The number of nitrogens with one attached hydrogen (secondary N) is 1. The lowest BCUT2D eigenvalue weighted by Crippen LogP contribution is -2.32. The smallest absolute Gasteiger partial charge is 0.341 e. The minimum absolute atomic E-state index is 0.174. The van der Waals surface area contributed by atoms with E-state index in [-0.39, 0.29) is 30.5 Å². The first-order valence-electron chi connectivity index (χ1n) is 9.48. The van der Waals surface area contributed by atoms with Crippen molar-refractivity contribution in [2.24, 2.45) is 0 Å². The molecular weight excluding hydrogens is 390 g/mol. The summed E-state index contributed by atoms with van der Waals surface area (Å²) in [5.41, 5.74) is 3.05. The van der Waals surface area contributed by atoms with E-state index in [4.69, 9.17) is 4.74 Å². The molecule has 2 amide bonds. The Hall–Kier alpha value is -2.87. The standard InChI is InChI=1S/C21H25N3O4S/c1-5-28-21(27)17-13(2)18(20(26)23(3)4)29-19(17)22-16(25)12-24-11-10-14-8-6-7-9-15(14)24/h6-9H,5,10-12H2,1-4H3,(H,22,25). The van der Waals surface area contributed by atoms with Gasteiger partial charge in [0.15, 0.2) is 0 Å². The van der Waals surface area contributed by atoms with Crippen molar-refractivity contribution in [1.82, 2.24) is 4.90 Å². The molecule has 0 radical (unpaired) electrons. The van der Waals surface area contributed by atoms with Crippen LogP contribution in [0.1, 0.15) is 38.1 Å². The minimum atomic E-state index is -0.541. The zero-order valence-electron chi connectivity index (χ0n) is 17.1. The molecule has 1 aliphatic rings. The van der Waals surface area contributed by atoms with Crippen LogP contribution in [-0.2, 0) is 16.0 Å². The van der Waals surface area contributed by atoms with Crippen LogP contribution in [0.5, 0.6) is 0 Å². The van der Waals surface area contributed by atoms with Gasteiger partial charge in [-0.25, -0.2) is 4.79 Å². The topological polar surface area (TPSA) is 79.0 Å². The number of thiophene rings is 1. The van der Waals surface area contributed by atoms with Crippen LogP contribution in [-0.4, -0.2) is 56.5 Å². The first kappa shape index (κ1) is 20.9. The van der Waals surface area contributed by atoms with Gasteiger partial charge in [0.25, 0.3) is 5.91 Å². The van der Waals surface area contributed by atoms with Gasteiger partial charge in [-0.05, 0) is 37.5 Å². The van der Waals surface area contributed by atoms with E-state index in [1.54, 1.807) is 27.9 Å². The normalized spacial score (nSPS) is 12.5. The first-order valence-corrected chi connectivity index (χ1v) is 10.3. The molecule has 1 aliphatic heterocycles. The number of esters is 1. The Morgan fingerprint density at radius 3 is 2.66 bits per heavy atom. The molecule has 0 spiro atoms. The summed E-state index contributed by atoms with van der Waals surface area (Å²) in [5.74, 6) is -0.995. The molecular formula is C21H25N3O4S.